The molecule has 1 aromatic heterocycles. The van der Waals surface area contributed by atoms with Gasteiger partial charge in [-0.15, -0.1) is 11.3 Å². The van der Waals surface area contributed by atoms with Crippen LogP contribution in [-0.2, 0) is 16.0 Å². The summed E-state index contributed by atoms with van der Waals surface area (Å²) in [7, 11) is 0. The van der Waals surface area contributed by atoms with E-state index in [1.54, 1.807) is 17.5 Å². The Bertz CT molecular complexity index is 999. The summed E-state index contributed by atoms with van der Waals surface area (Å²) in [5.74, 6) is -1.43. The van der Waals surface area contributed by atoms with Gasteiger partial charge in [0.2, 0.25) is 0 Å². The highest BCUT2D eigenvalue weighted by atomic mass is 32.1. The molecule has 144 valence electrons. The van der Waals surface area contributed by atoms with Gasteiger partial charge in [0.05, 0.1) is 0 Å². The Balaban J connectivity index is 1.60. The smallest absolute Gasteiger partial charge is 0.358 e. The fourth-order valence-electron chi connectivity index (χ4n) is 2.68. The molecule has 0 atom stereocenters. The van der Waals surface area contributed by atoms with E-state index in [0.717, 1.165) is 23.2 Å². The van der Waals surface area contributed by atoms with E-state index in [9.17, 15) is 14.0 Å². The third-order valence-corrected chi connectivity index (χ3v) is 5.03. The maximum absolute atomic E-state index is 13.0. The summed E-state index contributed by atoms with van der Waals surface area (Å²) in [6.07, 6.45) is 0.780. The fraction of sp³-hybridized carbons (Fsp3) is 0.190. The van der Waals surface area contributed by atoms with Gasteiger partial charge in [0.15, 0.2) is 12.3 Å². The van der Waals surface area contributed by atoms with Crippen LogP contribution in [0.4, 0.5) is 10.1 Å². The molecule has 28 heavy (non-hydrogen) atoms. The first-order valence-corrected chi connectivity index (χ1v) is 9.62. The van der Waals surface area contributed by atoms with Gasteiger partial charge in [-0.05, 0) is 48.7 Å². The number of benzene rings is 2. The van der Waals surface area contributed by atoms with Gasteiger partial charge in [-0.2, -0.15) is 0 Å². The average Bonchev–Trinajstić information content (AvgIpc) is 3.18. The number of amides is 1. The Morgan fingerprint density at radius 1 is 1.18 bits per heavy atom. The molecule has 1 heterocycles. The molecule has 1 N–H and O–H groups in total. The lowest BCUT2D eigenvalue weighted by atomic mass is 10.1. The van der Waals surface area contributed by atoms with Crippen molar-refractivity contribution in [1.29, 1.82) is 0 Å². The van der Waals surface area contributed by atoms with Gasteiger partial charge in [-0.25, -0.2) is 14.2 Å². The van der Waals surface area contributed by atoms with Crippen molar-refractivity contribution >= 4 is 28.9 Å². The van der Waals surface area contributed by atoms with E-state index in [0.29, 0.717) is 10.6 Å². The monoisotopic (exact) mass is 398 g/mol. The number of thiazole rings is 1. The summed E-state index contributed by atoms with van der Waals surface area (Å²) in [4.78, 5) is 28.6. The van der Waals surface area contributed by atoms with E-state index in [-0.39, 0.29) is 11.5 Å². The minimum absolute atomic E-state index is 0.113. The molecule has 2 aromatic carbocycles. The molecule has 5 nitrogen and oxygen atoms in total. The number of nitrogens with zero attached hydrogens (tertiary/aromatic N) is 1. The molecule has 0 aliphatic heterocycles. The molecule has 1 amide bonds. The summed E-state index contributed by atoms with van der Waals surface area (Å²) < 4.78 is 18.1. The maximum atomic E-state index is 13.0. The van der Waals surface area contributed by atoms with E-state index < -0.39 is 18.5 Å². The standard InChI is InChI=1S/C21H19FN2O3S/c1-3-14-6-4-5-13(2)19(14)24-18(25)11-27-21(26)17-12-28-20(23-17)15-7-9-16(22)10-8-15/h4-10,12H,3,11H2,1-2H3,(H,24,25). The Morgan fingerprint density at radius 3 is 2.64 bits per heavy atom. The number of nitrogens with one attached hydrogen (secondary N) is 1. The molecule has 0 bridgehead atoms. The molecular weight excluding hydrogens is 379 g/mol. The van der Waals surface area contributed by atoms with Gasteiger partial charge >= 0.3 is 5.97 Å². The van der Waals surface area contributed by atoms with Crippen LogP contribution < -0.4 is 5.32 Å². The van der Waals surface area contributed by atoms with Gasteiger partial charge in [0, 0.05) is 16.6 Å². The first kappa shape index (κ1) is 19.7. The summed E-state index contributed by atoms with van der Waals surface area (Å²) >= 11 is 1.25. The molecule has 0 saturated heterocycles. The number of para-hydroxylation sites is 1. The fourth-order valence-corrected chi connectivity index (χ4v) is 3.47. The Morgan fingerprint density at radius 2 is 1.93 bits per heavy atom. The lowest BCUT2D eigenvalue weighted by molar-refractivity contribution is -0.119. The Kier molecular flexibility index (Phi) is 6.16. The first-order valence-electron chi connectivity index (χ1n) is 8.75. The van der Waals surface area contributed by atoms with Crippen molar-refractivity contribution < 1.29 is 18.7 Å². The molecule has 0 radical (unpaired) electrons. The molecule has 0 aliphatic carbocycles. The molecule has 0 unspecified atom stereocenters. The highest BCUT2D eigenvalue weighted by Crippen LogP contribution is 2.24. The number of carbonyl (C=O) groups is 2. The van der Waals surface area contributed by atoms with Crippen LogP contribution >= 0.6 is 11.3 Å². The lowest BCUT2D eigenvalue weighted by Crippen LogP contribution is -2.22. The maximum Gasteiger partial charge on any atom is 0.358 e. The number of halogens is 1. The molecular formula is C21H19FN2O3S. The van der Waals surface area contributed by atoms with Crippen molar-refractivity contribution in [1.82, 2.24) is 4.98 Å². The number of carbonyl (C=O) groups excluding carboxylic acids is 2. The second-order valence-electron chi connectivity index (χ2n) is 6.13. The topological polar surface area (TPSA) is 68.3 Å². The van der Waals surface area contributed by atoms with Gasteiger partial charge in [0.1, 0.15) is 10.8 Å². The number of rotatable bonds is 6. The molecule has 0 fully saturated rings. The quantitative estimate of drug-likeness (QED) is 0.616. The van der Waals surface area contributed by atoms with Gasteiger partial charge in [-0.1, -0.05) is 25.1 Å². The number of hydrogen-bond acceptors (Lipinski definition) is 5. The molecule has 0 saturated carbocycles. The molecule has 7 heteroatoms. The Labute approximate surface area is 166 Å². The minimum atomic E-state index is -0.680. The third kappa shape index (κ3) is 4.61. The normalized spacial score (nSPS) is 10.5. The second kappa shape index (κ2) is 8.75. The molecule has 3 aromatic rings. The van der Waals surface area contributed by atoms with Crippen molar-refractivity contribution in [2.24, 2.45) is 0 Å². The van der Waals surface area contributed by atoms with Crippen molar-refractivity contribution in [2.45, 2.75) is 20.3 Å². The second-order valence-corrected chi connectivity index (χ2v) is 6.99. The summed E-state index contributed by atoms with van der Waals surface area (Å²) in [6, 6.07) is 11.6. The van der Waals surface area contributed by atoms with Crippen LogP contribution in [0.1, 0.15) is 28.5 Å². The van der Waals surface area contributed by atoms with Crippen LogP contribution in [0.15, 0.2) is 47.8 Å². The van der Waals surface area contributed by atoms with E-state index in [4.69, 9.17) is 4.74 Å². The van der Waals surface area contributed by atoms with Crippen LogP contribution in [0.25, 0.3) is 10.6 Å². The number of hydrogen-bond donors (Lipinski definition) is 1. The third-order valence-electron chi connectivity index (χ3n) is 4.14. The highest BCUT2D eigenvalue weighted by molar-refractivity contribution is 7.13. The van der Waals surface area contributed by atoms with E-state index in [1.807, 2.05) is 32.0 Å². The van der Waals surface area contributed by atoms with Gasteiger partial charge in [0.25, 0.3) is 5.91 Å². The first-order chi connectivity index (χ1) is 13.5. The van der Waals surface area contributed by atoms with Gasteiger partial charge < -0.3 is 10.1 Å². The van der Waals surface area contributed by atoms with Crippen LogP contribution in [0.2, 0.25) is 0 Å². The number of esters is 1. The van der Waals surface area contributed by atoms with E-state index in [2.05, 4.69) is 10.3 Å². The summed E-state index contributed by atoms with van der Waals surface area (Å²) in [6.45, 7) is 3.51. The van der Waals surface area contributed by atoms with Crippen molar-refractivity contribution in [3.05, 3.63) is 70.5 Å². The molecule has 3 rings (SSSR count). The number of aryl methyl sites for hydroxylation is 2. The number of aromatic nitrogens is 1. The predicted octanol–water partition coefficient (Wildman–Crippen LogP) is 4.62. The van der Waals surface area contributed by atoms with Crippen molar-refractivity contribution in [2.75, 3.05) is 11.9 Å². The van der Waals surface area contributed by atoms with Gasteiger partial charge in [-0.3, -0.25) is 4.79 Å². The summed E-state index contributed by atoms with van der Waals surface area (Å²) in [5.41, 5.74) is 3.53. The zero-order valence-electron chi connectivity index (χ0n) is 15.5. The van der Waals surface area contributed by atoms with Crippen LogP contribution in [-0.4, -0.2) is 23.5 Å². The number of anilines is 1. The van der Waals surface area contributed by atoms with Crippen LogP contribution in [0, 0.1) is 12.7 Å². The van der Waals surface area contributed by atoms with E-state index in [1.165, 1.54) is 23.5 Å². The summed E-state index contributed by atoms with van der Waals surface area (Å²) in [5, 5.41) is 4.93. The van der Waals surface area contributed by atoms with Crippen molar-refractivity contribution in [3.63, 3.8) is 0 Å². The minimum Gasteiger partial charge on any atom is -0.451 e. The van der Waals surface area contributed by atoms with Crippen LogP contribution in [0.5, 0.6) is 0 Å². The SMILES string of the molecule is CCc1cccc(C)c1NC(=O)COC(=O)c1csc(-c2ccc(F)cc2)n1. The average molecular weight is 398 g/mol. The highest BCUT2D eigenvalue weighted by Gasteiger charge is 2.16. The Hall–Kier alpha value is -3.06. The molecule has 0 spiro atoms. The van der Waals surface area contributed by atoms with Crippen molar-refractivity contribution in [3.8, 4) is 10.6 Å². The number of ether oxygens (including phenoxy) is 1. The zero-order chi connectivity index (χ0) is 20.1. The lowest BCUT2D eigenvalue weighted by Gasteiger charge is -2.12. The largest absolute Gasteiger partial charge is 0.451 e. The molecule has 0 aliphatic rings. The van der Waals surface area contributed by atoms with E-state index >= 15 is 0 Å². The van der Waals surface area contributed by atoms with Crippen LogP contribution in [0.3, 0.4) is 0 Å². The zero-order valence-corrected chi connectivity index (χ0v) is 16.3. The predicted molar refractivity (Wildman–Crippen MR) is 107 cm³/mol.